The summed E-state index contributed by atoms with van der Waals surface area (Å²) in [4.78, 5) is 20.4. The number of thiol groups is 1. The minimum atomic E-state index is -0.662. The summed E-state index contributed by atoms with van der Waals surface area (Å²) in [6, 6.07) is 9.91. The van der Waals surface area contributed by atoms with E-state index in [0.29, 0.717) is 5.56 Å². The van der Waals surface area contributed by atoms with Crippen LogP contribution in [0.15, 0.2) is 42.5 Å². The van der Waals surface area contributed by atoms with Crippen LogP contribution in [0.25, 0.3) is 0 Å². The molecule has 2 aromatic carbocycles. The van der Waals surface area contributed by atoms with Crippen LogP contribution in [0.4, 0.5) is 11.4 Å². The van der Waals surface area contributed by atoms with Crippen LogP contribution in [0, 0.1) is 20.2 Å². The lowest BCUT2D eigenvalue weighted by molar-refractivity contribution is -0.394. The maximum atomic E-state index is 10.9. The maximum absolute atomic E-state index is 10.9. The van der Waals surface area contributed by atoms with Gasteiger partial charge in [0, 0.05) is 17.4 Å². The third kappa shape index (κ3) is 4.83. The van der Waals surface area contributed by atoms with Crippen LogP contribution < -0.4 is 0 Å². The van der Waals surface area contributed by atoms with E-state index in [4.69, 9.17) is 0 Å². The molecule has 0 saturated carbocycles. The molecule has 7 nitrogen and oxygen atoms in total. The highest BCUT2D eigenvalue weighted by Gasteiger charge is 2.18. The van der Waals surface area contributed by atoms with Crippen molar-refractivity contribution in [2.45, 2.75) is 11.7 Å². The van der Waals surface area contributed by atoms with E-state index in [1.807, 2.05) is 0 Å². The number of halogens is 1. The average Bonchev–Trinajstić information content (AvgIpc) is 2.47. The minimum absolute atomic E-state index is 0. The van der Waals surface area contributed by atoms with Gasteiger partial charge in [0.05, 0.1) is 15.9 Å². The molecule has 0 aliphatic heterocycles. The van der Waals surface area contributed by atoms with Crippen molar-refractivity contribution in [2.24, 2.45) is 0 Å². The number of phenols is 1. The first-order valence-electron chi connectivity index (χ1n) is 6.26. The molecule has 0 bridgehead atoms. The van der Waals surface area contributed by atoms with Gasteiger partial charge in [-0.2, -0.15) is 12.6 Å². The van der Waals surface area contributed by atoms with Crippen molar-refractivity contribution in [3.05, 3.63) is 73.8 Å². The molecule has 0 saturated heterocycles. The molecule has 2 rings (SSSR count). The molecule has 23 heavy (non-hydrogen) atoms. The van der Waals surface area contributed by atoms with Crippen LogP contribution in [0.3, 0.4) is 0 Å². The van der Waals surface area contributed by atoms with Crippen LogP contribution in [0.1, 0.15) is 16.4 Å². The first kappa shape index (κ1) is 18.7. The van der Waals surface area contributed by atoms with Crippen molar-refractivity contribution in [1.29, 1.82) is 0 Å². The second-order valence-corrected chi connectivity index (χ2v) is 5.31. The third-order valence-electron chi connectivity index (χ3n) is 3.09. The fourth-order valence-electron chi connectivity index (χ4n) is 2.02. The Hall–Kier alpha value is -2.32. The van der Waals surface area contributed by atoms with Crippen molar-refractivity contribution in [2.75, 3.05) is 0 Å². The number of hydrogen-bond donors (Lipinski definition) is 2. The first-order valence-corrected chi connectivity index (χ1v) is 6.78. The summed E-state index contributed by atoms with van der Waals surface area (Å²) >= 11 is 4.42. The molecule has 9 heteroatoms. The molecular weight excluding hydrogens is 344 g/mol. The van der Waals surface area contributed by atoms with Gasteiger partial charge >= 0.3 is 0 Å². The first-order chi connectivity index (χ1) is 10.4. The van der Waals surface area contributed by atoms with Crippen molar-refractivity contribution < 1.29 is 15.0 Å². The molecule has 0 aliphatic carbocycles. The van der Waals surface area contributed by atoms with Gasteiger partial charge in [0.2, 0.25) is 0 Å². The second kappa shape index (κ2) is 7.80. The topological polar surface area (TPSA) is 107 Å². The normalized spacial score (nSPS) is 11.3. The Kier molecular flexibility index (Phi) is 6.35. The maximum Gasteiger partial charge on any atom is 0.276 e. The predicted molar refractivity (Wildman–Crippen MR) is 90.5 cm³/mol. The molecule has 1 N–H and O–H groups in total. The van der Waals surface area contributed by atoms with E-state index in [1.165, 1.54) is 24.3 Å². The summed E-state index contributed by atoms with van der Waals surface area (Å²) in [5.74, 6) is 0.121. The van der Waals surface area contributed by atoms with Gasteiger partial charge in [-0.05, 0) is 29.7 Å². The number of rotatable bonds is 5. The van der Waals surface area contributed by atoms with Gasteiger partial charge < -0.3 is 5.11 Å². The molecule has 1 atom stereocenters. The zero-order chi connectivity index (χ0) is 16.3. The van der Waals surface area contributed by atoms with Crippen LogP contribution in [-0.4, -0.2) is 15.0 Å². The Bertz CT molecular complexity index is 691. The van der Waals surface area contributed by atoms with Gasteiger partial charge in [0.15, 0.2) is 0 Å². The molecule has 0 radical (unpaired) electrons. The van der Waals surface area contributed by atoms with Crippen LogP contribution in [0.5, 0.6) is 5.75 Å². The van der Waals surface area contributed by atoms with Gasteiger partial charge in [0.25, 0.3) is 11.4 Å². The number of nitro groups is 2. The number of nitrogens with zero attached hydrogens (tertiary/aromatic N) is 2. The highest BCUT2D eigenvalue weighted by atomic mass is 35.5. The van der Waals surface area contributed by atoms with E-state index >= 15 is 0 Å². The van der Waals surface area contributed by atoms with E-state index < -0.39 is 9.85 Å². The van der Waals surface area contributed by atoms with Gasteiger partial charge in [-0.25, -0.2) is 0 Å². The molecule has 0 heterocycles. The molecule has 0 amide bonds. The van der Waals surface area contributed by atoms with E-state index in [2.05, 4.69) is 12.6 Å². The van der Waals surface area contributed by atoms with Crippen molar-refractivity contribution in [1.82, 2.24) is 0 Å². The van der Waals surface area contributed by atoms with E-state index in [0.717, 1.165) is 11.6 Å². The van der Waals surface area contributed by atoms with Crippen molar-refractivity contribution >= 4 is 36.4 Å². The van der Waals surface area contributed by atoms with E-state index in [9.17, 15) is 25.3 Å². The number of benzene rings is 2. The molecule has 0 aromatic heterocycles. The average molecular weight is 357 g/mol. The molecular formula is C14H13ClN2O5S. The lowest BCUT2D eigenvalue weighted by Crippen LogP contribution is -1.99. The van der Waals surface area contributed by atoms with Crippen molar-refractivity contribution in [3.63, 3.8) is 0 Å². The summed E-state index contributed by atoms with van der Waals surface area (Å²) in [6.45, 7) is 0. The summed E-state index contributed by atoms with van der Waals surface area (Å²) in [5, 5.41) is 30.7. The number of non-ortho nitro benzene ring substituents is 2. The summed E-state index contributed by atoms with van der Waals surface area (Å²) in [6.07, 6.45) is 0.288. The zero-order valence-corrected chi connectivity index (χ0v) is 13.4. The smallest absolute Gasteiger partial charge is 0.276 e. The van der Waals surface area contributed by atoms with Gasteiger partial charge in [-0.1, -0.05) is 12.1 Å². The molecule has 122 valence electrons. The Labute approximate surface area is 143 Å². The molecule has 1 unspecified atom stereocenters. The molecule has 0 fully saturated rings. The summed E-state index contributed by atoms with van der Waals surface area (Å²) in [5.41, 5.74) is 0.607. The number of nitro benzene ring substituents is 2. The van der Waals surface area contributed by atoms with Crippen LogP contribution >= 0.6 is 25.0 Å². The largest absolute Gasteiger partial charge is 0.508 e. The van der Waals surface area contributed by atoms with Crippen LogP contribution in [-0.2, 0) is 6.42 Å². The number of phenolic OH excluding ortho intramolecular Hbond substituents is 1. The highest BCUT2D eigenvalue weighted by molar-refractivity contribution is 7.80. The van der Waals surface area contributed by atoms with Crippen molar-refractivity contribution in [3.8, 4) is 5.75 Å². The summed E-state index contributed by atoms with van der Waals surface area (Å²) in [7, 11) is 0. The monoisotopic (exact) mass is 356 g/mol. The minimum Gasteiger partial charge on any atom is -0.508 e. The quantitative estimate of drug-likeness (QED) is 0.481. The second-order valence-electron chi connectivity index (χ2n) is 4.68. The number of hydrogen-bond acceptors (Lipinski definition) is 6. The third-order valence-corrected chi connectivity index (χ3v) is 3.57. The fraction of sp³-hybridized carbons (Fsp3) is 0.143. The lowest BCUT2D eigenvalue weighted by Gasteiger charge is -2.11. The number of aromatic hydroxyl groups is 1. The van der Waals surface area contributed by atoms with E-state index in [-0.39, 0.29) is 41.2 Å². The lowest BCUT2D eigenvalue weighted by atomic mass is 10.0. The van der Waals surface area contributed by atoms with E-state index in [1.54, 1.807) is 12.1 Å². The highest BCUT2D eigenvalue weighted by Crippen LogP contribution is 2.29. The predicted octanol–water partition coefficient (Wildman–Crippen LogP) is 3.84. The molecule has 2 aromatic rings. The summed E-state index contributed by atoms with van der Waals surface area (Å²) < 4.78 is 0. The SMILES string of the molecule is Cl.O=[N+]([O-])c1cc(CC(S)c2ccc(O)cc2)cc([N+](=O)[O-])c1. The Morgan fingerprint density at radius 1 is 1.00 bits per heavy atom. The Morgan fingerprint density at radius 3 is 1.91 bits per heavy atom. The van der Waals surface area contributed by atoms with Gasteiger partial charge in [-0.3, -0.25) is 20.2 Å². The molecule has 0 aliphatic rings. The fourth-order valence-corrected chi connectivity index (χ4v) is 2.41. The zero-order valence-electron chi connectivity index (χ0n) is 11.7. The molecule has 0 spiro atoms. The van der Waals surface area contributed by atoms with Gasteiger partial charge in [-0.15, -0.1) is 12.4 Å². The van der Waals surface area contributed by atoms with Gasteiger partial charge in [0.1, 0.15) is 5.75 Å². The Morgan fingerprint density at radius 2 is 1.48 bits per heavy atom. The standard InChI is InChI=1S/C14H12N2O5S.ClH/c17-13-3-1-10(2-4-13)14(22)7-9-5-11(15(18)19)8-12(6-9)16(20)21;/h1-6,8,14,17,22H,7H2;1H. The Balaban J connectivity index is 0.00000264. The van der Waals surface area contributed by atoms with Crippen LogP contribution in [0.2, 0.25) is 0 Å².